The Bertz CT molecular complexity index is 1070. The average molecular weight is 419 g/mol. The van der Waals surface area contributed by atoms with Crippen molar-refractivity contribution in [1.29, 1.82) is 0 Å². The fourth-order valence-corrected chi connectivity index (χ4v) is 3.38. The van der Waals surface area contributed by atoms with Crippen LogP contribution in [-0.4, -0.2) is 28.2 Å². The largest absolute Gasteiger partial charge is 0.357 e. The zero-order valence-corrected chi connectivity index (χ0v) is 18.6. The minimum absolute atomic E-state index is 0.0862. The van der Waals surface area contributed by atoms with Gasteiger partial charge in [0, 0.05) is 31.4 Å². The number of hydrogen-bond donors (Lipinski definition) is 3. The monoisotopic (exact) mass is 418 g/mol. The number of para-hydroxylation sites is 1. The second-order valence-electron chi connectivity index (χ2n) is 7.40. The summed E-state index contributed by atoms with van der Waals surface area (Å²) in [7, 11) is 0. The van der Waals surface area contributed by atoms with Crippen LogP contribution in [0, 0.1) is 13.8 Å². The molecule has 0 saturated carbocycles. The van der Waals surface area contributed by atoms with E-state index in [1.165, 1.54) is 6.92 Å². The van der Waals surface area contributed by atoms with Crippen molar-refractivity contribution in [1.82, 2.24) is 20.4 Å². The molecule has 0 aliphatic rings. The minimum Gasteiger partial charge on any atom is -0.357 e. The average Bonchev–Trinajstić information content (AvgIpc) is 3.08. The number of guanidine groups is 1. The summed E-state index contributed by atoms with van der Waals surface area (Å²) in [5.74, 6) is 0.646. The Morgan fingerprint density at radius 3 is 2.58 bits per heavy atom. The molecule has 0 aliphatic heterocycles. The normalized spacial score (nSPS) is 11.3. The first-order valence-electron chi connectivity index (χ1n) is 10.5. The lowest BCUT2D eigenvalue weighted by molar-refractivity contribution is -0.114. The maximum Gasteiger partial charge on any atom is 0.221 e. The fraction of sp³-hybridized carbons (Fsp3) is 0.292. The Kier molecular flexibility index (Phi) is 7.43. The van der Waals surface area contributed by atoms with E-state index in [0.717, 1.165) is 46.4 Å². The third-order valence-corrected chi connectivity index (χ3v) is 4.69. The highest BCUT2D eigenvalue weighted by molar-refractivity contribution is 5.88. The van der Waals surface area contributed by atoms with Crippen molar-refractivity contribution < 1.29 is 4.79 Å². The van der Waals surface area contributed by atoms with Gasteiger partial charge in [0.05, 0.1) is 17.9 Å². The van der Waals surface area contributed by atoms with Crippen LogP contribution < -0.4 is 16.0 Å². The molecule has 0 fully saturated rings. The summed E-state index contributed by atoms with van der Waals surface area (Å²) in [6.45, 7) is 9.48. The van der Waals surface area contributed by atoms with Gasteiger partial charge in [-0.3, -0.25) is 4.79 Å². The molecule has 1 amide bonds. The molecule has 31 heavy (non-hydrogen) atoms. The molecule has 162 valence electrons. The summed E-state index contributed by atoms with van der Waals surface area (Å²) in [4.78, 5) is 16.0. The first kappa shape index (κ1) is 22.1. The number of hydrogen-bond acceptors (Lipinski definition) is 3. The molecule has 7 heteroatoms. The third kappa shape index (κ3) is 6.18. The SMILES string of the molecule is CCNC(=NCc1cccc(NC(C)=O)c1)NCc1ccccc1-n1nc(C)cc1C. The number of carbonyl (C=O) groups is 1. The maximum absolute atomic E-state index is 11.3. The van der Waals surface area contributed by atoms with E-state index in [9.17, 15) is 4.79 Å². The van der Waals surface area contributed by atoms with Crippen LogP contribution in [0.2, 0.25) is 0 Å². The molecular weight excluding hydrogens is 388 g/mol. The third-order valence-electron chi connectivity index (χ3n) is 4.69. The van der Waals surface area contributed by atoms with Crippen molar-refractivity contribution in [2.24, 2.45) is 4.99 Å². The smallest absolute Gasteiger partial charge is 0.221 e. The van der Waals surface area contributed by atoms with Gasteiger partial charge in [-0.05, 0) is 56.2 Å². The lowest BCUT2D eigenvalue weighted by Crippen LogP contribution is -2.37. The zero-order valence-electron chi connectivity index (χ0n) is 18.6. The standard InChI is InChI=1S/C24H30N6O/c1-5-25-24(26-15-20-9-8-11-22(14-20)28-19(4)31)27-16-21-10-6-7-12-23(21)30-18(3)13-17(2)29-30/h6-14H,5,15-16H2,1-4H3,(H,28,31)(H2,25,26,27). The van der Waals surface area contributed by atoms with E-state index >= 15 is 0 Å². The molecule has 1 aromatic heterocycles. The molecule has 7 nitrogen and oxygen atoms in total. The highest BCUT2D eigenvalue weighted by atomic mass is 16.1. The van der Waals surface area contributed by atoms with Gasteiger partial charge in [-0.25, -0.2) is 9.67 Å². The van der Waals surface area contributed by atoms with Crippen LogP contribution >= 0.6 is 0 Å². The van der Waals surface area contributed by atoms with Crippen molar-refractivity contribution >= 4 is 17.6 Å². The lowest BCUT2D eigenvalue weighted by atomic mass is 10.1. The van der Waals surface area contributed by atoms with Crippen LogP contribution in [0.15, 0.2) is 59.6 Å². The quantitative estimate of drug-likeness (QED) is 0.404. The molecule has 0 bridgehead atoms. The molecule has 0 unspecified atom stereocenters. The Hall–Kier alpha value is -3.61. The Morgan fingerprint density at radius 1 is 1.06 bits per heavy atom. The molecule has 2 aromatic carbocycles. The summed E-state index contributed by atoms with van der Waals surface area (Å²) >= 11 is 0. The van der Waals surface area contributed by atoms with Gasteiger partial charge < -0.3 is 16.0 Å². The van der Waals surface area contributed by atoms with Crippen LogP contribution in [0.5, 0.6) is 0 Å². The van der Waals surface area contributed by atoms with Gasteiger partial charge in [-0.2, -0.15) is 5.10 Å². The molecule has 0 atom stereocenters. The van der Waals surface area contributed by atoms with Crippen molar-refractivity contribution in [2.75, 3.05) is 11.9 Å². The van der Waals surface area contributed by atoms with Crippen LogP contribution in [0.25, 0.3) is 5.69 Å². The van der Waals surface area contributed by atoms with Crippen LogP contribution in [0.3, 0.4) is 0 Å². The van der Waals surface area contributed by atoms with Gasteiger partial charge in [0.15, 0.2) is 5.96 Å². The molecule has 0 spiro atoms. The van der Waals surface area contributed by atoms with E-state index in [0.29, 0.717) is 13.1 Å². The number of benzene rings is 2. The number of carbonyl (C=O) groups excluding carboxylic acids is 1. The topological polar surface area (TPSA) is 83.3 Å². The Labute approximate surface area is 183 Å². The molecule has 3 aromatic rings. The molecule has 1 heterocycles. The van der Waals surface area contributed by atoms with Crippen LogP contribution in [0.4, 0.5) is 5.69 Å². The van der Waals surface area contributed by atoms with Crippen molar-refractivity contribution in [3.05, 3.63) is 77.1 Å². The number of anilines is 1. The molecule has 3 N–H and O–H groups in total. The summed E-state index contributed by atoms with van der Waals surface area (Å²) in [5, 5.41) is 14.1. The number of nitrogens with zero attached hydrogens (tertiary/aromatic N) is 3. The highest BCUT2D eigenvalue weighted by Crippen LogP contribution is 2.17. The Balaban J connectivity index is 1.73. The molecular formula is C24H30N6O. The van der Waals surface area contributed by atoms with Gasteiger partial charge in [0.1, 0.15) is 0 Å². The number of aryl methyl sites for hydroxylation is 2. The maximum atomic E-state index is 11.3. The van der Waals surface area contributed by atoms with Gasteiger partial charge in [0.2, 0.25) is 5.91 Å². The second kappa shape index (κ2) is 10.4. The number of nitrogens with one attached hydrogen (secondary N) is 3. The lowest BCUT2D eigenvalue weighted by Gasteiger charge is -2.15. The molecule has 3 rings (SSSR count). The van der Waals surface area contributed by atoms with E-state index < -0.39 is 0 Å². The van der Waals surface area contributed by atoms with E-state index in [-0.39, 0.29) is 5.91 Å². The summed E-state index contributed by atoms with van der Waals surface area (Å²) < 4.78 is 1.98. The van der Waals surface area contributed by atoms with Gasteiger partial charge in [-0.15, -0.1) is 0 Å². The molecule has 0 aliphatic carbocycles. The first-order valence-corrected chi connectivity index (χ1v) is 10.5. The van der Waals surface area contributed by atoms with E-state index in [1.807, 2.05) is 54.9 Å². The van der Waals surface area contributed by atoms with E-state index in [1.54, 1.807) is 0 Å². The van der Waals surface area contributed by atoms with Gasteiger partial charge in [0.25, 0.3) is 0 Å². The molecule has 0 saturated heterocycles. The summed E-state index contributed by atoms with van der Waals surface area (Å²) in [5.41, 5.74) is 6.08. The Morgan fingerprint density at radius 2 is 1.87 bits per heavy atom. The van der Waals surface area contributed by atoms with Crippen LogP contribution in [-0.2, 0) is 17.9 Å². The molecule has 0 radical (unpaired) electrons. The number of rotatable bonds is 7. The zero-order chi connectivity index (χ0) is 22.2. The summed E-state index contributed by atoms with van der Waals surface area (Å²) in [6, 6.07) is 18.0. The predicted molar refractivity (Wildman–Crippen MR) is 125 cm³/mol. The minimum atomic E-state index is -0.0862. The van der Waals surface area contributed by atoms with Gasteiger partial charge >= 0.3 is 0 Å². The number of aliphatic imine (C=N–C) groups is 1. The predicted octanol–water partition coefficient (Wildman–Crippen LogP) is 3.70. The number of aromatic nitrogens is 2. The van der Waals surface area contributed by atoms with Crippen LogP contribution in [0.1, 0.15) is 36.4 Å². The van der Waals surface area contributed by atoms with E-state index in [4.69, 9.17) is 4.99 Å². The van der Waals surface area contributed by atoms with Crippen molar-refractivity contribution in [3.8, 4) is 5.69 Å². The highest BCUT2D eigenvalue weighted by Gasteiger charge is 2.09. The second-order valence-corrected chi connectivity index (χ2v) is 7.40. The fourth-order valence-electron chi connectivity index (χ4n) is 3.38. The van der Waals surface area contributed by atoms with Crippen molar-refractivity contribution in [3.63, 3.8) is 0 Å². The first-order chi connectivity index (χ1) is 15.0. The number of amides is 1. The van der Waals surface area contributed by atoms with Crippen molar-refractivity contribution in [2.45, 2.75) is 40.8 Å². The van der Waals surface area contributed by atoms with Gasteiger partial charge in [-0.1, -0.05) is 30.3 Å². The summed E-state index contributed by atoms with van der Waals surface area (Å²) in [6.07, 6.45) is 0. The van der Waals surface area contributed by atoms with E-state index in [2.05, 4.69) is 46.2 Å².